The lowest BCUT2D eigenvalue weighted by Gasteiger charge is -2.18. The predicted molar refractivity (Wildman–Crippen MR) is 103 cm³/mol. The van der Waals surface area contributed by atoms with Gasteiger partial charge in [0.2, 0.25) is 0 Å². The first-order chi connectivity index (χ1) is 12.7. The average Bonchev–Trinajstić information content (AvgIpc) is 2.65. The smallest absolute Gasteiger partial charge is 0.387 e. The van der Waals surface area contributed by atoms with Crippen molar-refractivity contribution in [1.29, 1.82) is 0 Å². The van der Waals surface area contributed by atoms with Crippen molar-refractivity contribution in [2.75, 3.05) is 0 Å². The highest BCUT2D eigenvalue weighted by Gasteiger charge is 2.13. The Hall–Kier alpha value is -2.42. The first kappa shape index (κ1) is 18.4. The second-order valence-electron chi connectivity index (χ2n) is 6.67. The van der Waals surface area contributed by atoms with Gasteiger partial charge >= 0.3 is 6.61 Å². The fourth-order valence-electron chi connectivity index (χ4n) is 3.41. The number of hydrogen-bond acceptors (Lipinski definition) is 1. The van der Waals surface area contributed by atoms with Crippen LogP contribution in [0.25, 0.3) is 10.8 Å². The third-order valence-electron chi connectivity index (χ3n) is 4.78. The van der Waals surface area contributed by atoms with Crippen LogP contribution in [0, 0.1) is 0 Å². The number of alkyl halides is 2. The molecule has 0 heterocycles. The SMILES string of the molecule is CCCCC(Cc1ccc2ccccc2c1)c1ccc(OC(F)F)cc1. The van der Waals surface area contributed by atoms with Gasteiger partial charge in [-0.25, -0.2) is 0 Å². The summed E-state index contributed by atoms with van der Waals surface area (Å²) in [5.74, 6) is 0.584. The molecule has 0 aliphatic rings. The molecule has 3 heteroatoms. The predicted octanol–water partition coefficient (Wildman–Crippen LogP) is 6.96. The molecule has 0 aromatic heterocycles. The summed E-state index contributed by atoms with van der Waals surface area (Å²) >= 11 is 0. The fraction of sp³-hybridized carbons (Fsp3) is 0.304. The molecule has 1 nitrogen and oxygen atoms in total. The van der Waals surface area contributed by atoms with E-state index in [1.54, 1.807) is 12.1 Å². The van der Waals surface area contributed by atoms with Gasteiger partial charge in [-0.05, 0) is 52.8 Å². The molecule has 0 saturated heterocycles. The van der Waals surface area contributed by atoms with Crippen LogP contribution < -0.4 is 4.74 Å². The summed E-state index contributed by atoms with van der Waals surface area (Å²) in [7, 11) is 0. The monoisotopic (exact) mass is 354 g/mol. The first-order valence-corrected chi connectivity index (χ1v) is 9.18. The van der Waals surface area contributed by atoms with Crippen LogP contribution in [-0.4, -0.2) is 6.61 Å². The van der Waals surface area contributed by atoms with Crippen molar-refractivity contribution in [3.05, 3.63) is 77.9 Å². The molecular weight excluding hydrogens is 330 g/mol. The van der Waals surface area contributed by atoms with Crippen LogP contribution in [0.5, 0.6) is 5.75 Å². The largest absolute Gasteiger partial charge is 0.435 e. The Morgan fingerprint density at radius 1 is 0.885 bits per heavy atom. The summed E-state index contributed by atoms with van der Waals surface area (Å²) in [5, 5.41) is 2.50. The molecule has 1 unspecified atom stereocenters. The van der Waals surface area contributed by atoms with Crippen LogP contribution in [0.15, 0.2) is 66.7 Å². The zero-order chi connectivity index (χ0) is 18.4. The highest BCUT2D eigenvalue weighted by Crippen LogP contribution is 2.29. The van der Waals surface area contributed by atoms with Gasteiger partial charge < -0.3 is 4.74 Å². The minimum absolute atomic E-state index is 0.212. The topological polar surface area (TPSA) is 9.23 Å². The van der Waals surface area contributed by atoms with E-state index in [0.717, 1.165) is 25.7 Å². The van der Waals surface area contributed by atoms with Crippen LogP contribution in [0.1, 0.15) is 43.2 Å². The molecule has 0 spiro atoms. The molecule has 3 aromatic rings. The molecule has 3 rings (SSSR count). The van der Waals surface area contributed by atoms with Crippen LogP contribution in [0.2, 0.25) is 0 Å². The van der Waals surface area contributed by atoms with Crippen molar-refractivity contribution < 1.29 is 13.5 Å². The fourth-order valence-corrected chi connectivity index (χ4v) is 3.41. The molecule has 1 atom stereocenters. The number of hydrogen-bond donors (Lipinski definition) is 0. The Balaban J connectivity index is 1.80. The summed E-state index contributed by atoms with van der Waals surface area (Å²) in [5.41, 5.74) is 2.48. The van der Waals surface area contributed by atoms with E-state index in [0.29, 0.717) is 5.92 Å². The van der Waals surface area contributed by atoms with E-state index in [9.17, 15) is 8.78 Å². The first-order valence-electron chi connectivity index (χ1n) is 9.18. The second-order valence-corrected chi connectivity index (χ2v) is 6.67. The summed E-state index contributed by atoms with van der Waals surface area (Å²) in [6.07, 6.45) is 4.31. The van der Waals surface area contributed by atoms with Crippen molar-refractivity contribution in [2.45, 2.75) is 45.1 Å². The van der Waals surface area contributed by atoms with Gasteiger partial charge in [-0.2, -0.15) is 8.78 Å². The summed E-state index contributed by atoms with van der Waals surface area (Å²) in [6, 6.07) is 22.1. The molecule has 0 saturated carbocycles. The zero-order valence-corrected chi connectivity index (χ0v) is 15.0. The van der Waals surface area contributed by atoms with E-state index in [1.165, 1.54) is 21.9 Å². The number of rotatable bonds is 8. The van der Waals surface area contributed by atoms with Crippen molar-refractivity contribution in [1.82, 2.24) is 0 Å². The molecule has 0 amide bonds. The molecule has 26 heavy (non-hydrogen) atoms. The maximum absolute atomic E-state index is 12.3. The van der Waals surface area contributed by atoms with Gasteiger partial charge in [-0.15, -0.1) is 0 Å². The lowest BCUT2D eigenvalue weighted by Crippen LogP contribution is -2.05. The zero-order valence-electron chi connectivity index (χ0n) is 15.0. The van der Waals surface area contributed by atoms with Gasteiger partial charge in [0.05, 0.1) is 0 Å². The van der Waals surface area contributed by atoms with Gasteiger partial charge in [0.1, 0.15) is 5.75 Å². The van der Waals surface area contributed by atoms with E-state index >= 15 is 0 Å². The molecule has 0 aliphatic carbocycles. The van der Waals surface area contributed by atoms with Gasteiger partial charge in [-0.3, -0.25) is 0 Å². The average molecular weight is 354 g/mol. The van der Waals surface area contributed by atoms with Crippen LogP contribution in [0.3, 0.4) is 0 Å². The van der Waals surface area contributed by atoms with Crippen molar-refractivity contribution in [2.24, 2.45) is 0 Å². The van der Waals surface area contributed by atoms with E-state index in [-0.39, 0.29) is 5.75 Å². The van der Waals surface area contributed by atoms with Crippen LogP contribution in [-0.2, 0) is 6.42 Å². The molecule has 0 radical (unpaired) electrons. The maximum Gasteiger partial charge on any atom is 0.387 e. The second kappa shape index (κ2) is 8.79. The molecular formula is C23H24F2O. The minimum atomic E-state index is -2.78. The molecule has 0 aliphatic heterocycles. The quantitative estimate of drug-likeness (QED) is 0.425. The maximum atomic E-state index is 12.3. The Kier molecular flexibility index (Phi) is 6.21. The Morgan fingerprint density at radius 2 is 1.62 bits per heavy atom. The molecule has 0 bridgehead atoms. The van der Waals surface area contributed by atoms with Gasteiger partial charge in [0.25, 0.3) is 0 Å². The summed E-state index contributed by atoms with van der Waals surface area (Å²) < 4.78 is 29.1. The van der Waals surface area contributed by atoms with Crippen LogP contribution >= 0.6 is 0 Å². The van der Waals surface area contributed by atoms with Crippen molar-refractivity contribution in [3.8, 4) is 5.75 Å². The Bertz CT molecular complexity index is 827. The number of ether oxygens (including phenoxy) is 1. The molecule has 3 aromatic carbocycles. The number of halogens is 2. The van der Waals surface area contributed by atoms with Gasteiger partial charge in [0.15, 0.2) is 0 Å². The summed E-state index contributed by atoms with van der Waals surface area (Å²) in [4.78, 5) is 0. The minimum Gasteiger partial charge on any atom is -0.435 e. The molecule has 136 valence electrons. The molecule has 0 fully saturated rings. The van der Waals surface area contributed by atoms with Crippen LogP contribution in [0.4, 0.5) is 8.78 Å². The number of fused-ring (bicyclic) bond motifs is 1. The number of benzene rings is 3. The normalized spacial score (nSPS) is 12.5. The highest BCUT2D eigenvalue weighted by molar-refractivity contribution is 5.83. The third-order valence-corrected chi connectivity index (χ3v) is 4.78. The number of unbranched alkanes of at least 4 members (excludes halogenated alkanes) is 1. The van der Waals surface area contributed by atoms with E-state index in [2.05, 4.69) is 54.1 Å². The van der Waals surface area contributed by atoms with E-state index in [4.69, 9.17) is 0 Å². The van der Waals surface area contributed by atoms with E-state index < -0.39 is 6.61 Å². The lowest BCUT2D eigenvalue weighted by atomic mass is 9.87. The van der Waals surface area contributed by atoms with Crippen molar-refractivity contribution in [3.63, 3.8) is 0 Å². The highest BCUT2D eigenvalue weighted by atomic mass is 19.3. The Morgan fingerprint density at radius 3 is 2.31 bits per heavy atom. The Labute approximate surface area is 153 Å². The molecule has 0 N–H and O–H groups in total. The lowest BCUT2D eigenvalue weighted by molar-refractivity contribution is -0.0498. The van der Waals surface area contributed by atoms with Gasteiger partial charge in [-0.1, -0.05) is 74.4 Å². The standard InChI is InChI=1S/C23H24F2O/c1-2-3-6-20(19-11-13-22(14-12-19)26-23(24)25)15-17-9-10-18-7-4-5-8-21(18)16-17/h4-5,7-14,16,20,23H,2-3,6,15H2,1H3. The van der Waals surface area contributed by atoms with E-state index in [1.807, 2.05) is 12.1 Å². The third kappa shape index (κ3) is 4.81. The van der Waals surface area contributed by atoms with Crippen molar-refractivity contribution >= 4 is 10.8 Å². The van der Waals surface area contributed by atoms with Gasteiger partial charge in [0, 0.05) is 0 Å². The summed E-state index contributed by atoms with van der Waals surface area (Å²) in [6.45, 7) is -0.596.